The number of aliphatic imine (C=N–C) groups is 1. The Hall–Kier alpha value is -0.830. The third-order valence-corrected chi connectivity index (χ3v) is 1.87. The van der Waals surface area contributed by atoms with Gasteiger partial charge < -0.3 is 5.11 Å². The van der Waals surface area contributed by atoms with Crippen LogP contribution in [0.5, 0.6) is 0 Å². The molecule has 1 heterocycles. The summed E-state index contributed by atoms with van der Waals surface area (Å²) in [5.74, 6) is -1.55. The Morgan fingerprint density at radius 3 is 3.00 bits per heavy atom. The van der Waals surface area contributed by atoms with Crippen LogP contribution in [0, 0.1) is 5.92 Å². The van der Waals surface area contributed by atoms with Gasteiger partial charge in [0.15, 0.2) is 0 Å². The van der Waals surface area contributed by atoms with E-state index in [0.717, 1.165) is 5.71 Å². The van der Waals surface area contributed by atoms with Crippen molar-refractivity contribution < 1.29 is 9.90 Å². The van der Waals surface area contributed by atoms with Crippen LogP contribution in [0.1, 0.15) is 6.92 Å². The fourth-order valence-corrected chi connectivity index (χ4v) is 1.18. The number of aliphatic carboxylic acids is 1. The maximum Gasteiger partial charge on any atom is 0.313 e. The molecule has 3 nitrogen and oxygen atoms in total. The topological polar surface area (TPSA) is 49.7 Å². The Labute approximate surface area is 69.4 Å². The molecule has 0 amide bonds. The lowest BCUT2D eigenvalue weighted by molar-refractivity contribution is -0.139. The number of hydrogen-bond acceptors (Lipinski definition) is 2. The summed E-state index contributed by atoms with van der Waals surface area (Å²) in [4.78, 5) is 14.4. The molecule has 0 bridgehead atoms. The van der Waals surface area contributed by atoms with E-state index in [1.165, 1.54) is 0 Å². The number of hydrogen-bond donors (Lipinski definition) is 1. The molecule has 1 unspecified atom stereocenters. The third-order valence-electron chi connectivity index (χ3n) is 1.50. The van der Waals surface area contributed by atoms with Crippen molar-refractivity contribution in [1.29, 1.82) is 0 Å². The molecule has 0 aromatic carbocycles. The summed E-state index contributed by atoms with van der Waals surface area (Å²) < 4.78 is 0. The molecular weight excluding hydrogens is 166 g/mol. The minimum Gasteiger partial charge on any atom is -0.481 e. The lowest BCUT2D eigenvalue weighted by atomic mass is 10.1. The molecule has 1 aliphatic rings. The Kier molecular flexibility index (Phi) is 2.29. The first-order valence-corrected chi connectivity index (χ1v) is 3.60. The van der Waals surface area contributed by atoms with Crippen LogP contribution < -0.4 is 0 Å². The van der Waals surface area contributed by atoms with Crippen LogP contribution in [0.25, 0.3) is 0 Å². The lowest BCUT2D eigenvalue weighted by Crippen LogP contribution is -2.21. The second kappa shape index (κ2) is 3.05. The predicted octanol–water partition coefficient (Wildman–Crippen LogP) is 1.28. The molecule has 1 N–H and O–H groups in total. The zero-order valence-corrected chi connectivity index (χ0v) is 6.80. The van der Waals surface area contributed by atoms with E-state index in [2.05, 4.69) is 4.99 Å². The highest BCUT2D eigenvalue weighted by Crippen LogP contribution is 2.20. The summed E-state index contributed by atoms with van der Waals surface area (Å²) >= 11 is 5.67. The van der Waals surface area contributed by atoms with E-state index in [-0.39, 0.29) is 6.54 Å². The van der Waals surface area contributed by atoms with Crippen molar-refractivity contribution in [2.45, 2.75) is 6.92 Å². The summed E-state index contributed by atoms with van der Waals surface area (Å²) in [5.41, 5.74) is 0.785. The molecule has 11 heavy (non-hydrogen) atoms. The Morgan fingerprint density at radius 1 is 1.91 bits per heavy atom. The monoisotopic (exact) mass is 173 g/mol. The van der Waals surface area contributed by atoms with E-state index in [1.807, 2.05) is 0 Å². The molecule has 0 aromatic rings. The van der Waals surface area contributed by atoms with Gasteiger partial charge >= 0.3 is 5.97 Å². The van der Waals surface area contributed by atoms with Gasteiger partial charge in [0, 0.05) is 10.7 Å². The quantitative estimate of drug-likeness (QED) is 0.650. The fourth-order valence-electron chi connectivity index (χ4n) is 0.864. The molecule has 0 fully saturated rings. The number of carboxylic acids is 1. The minimum absolute atomic E-state index is 0.260. The number of halogens is 1. The Balaban J connectivity index is 2.80. The van der Waals surface area contributed by atoms with Crippen molar-refractivity contribution in [3.63, 3.8) is 0 Å². The number of rotatable bonds is 1. The van der Waals surface area contributed by atoms with Gasteiger partial charge in [0.05, 0.1) is 6.54 Å². The Bertz CT molecular complexity index is 245. The molecule has 0 saturated heterocycles. The van der Waals surface area contributed by atoms with E-state index in [1.54, 1.807) is 13.0 Å². The van der Waals surface area contributed by atoms with E-state index in [4.69, 9.17) is 16.7 Å². The van der Waals surface area contributed by atoms with Crippen LogP contribution in [-0.2, 0) is 4.79 Å². The van der Waals surface area contributed by atoms with E-state index in [9.17, 15) is 4.79 Å². The largest absolute Gasteiger partial charge is 0.481 e. The first-order chi connectivity index (χ1) is 5.11. The van der Waals surface area contributed by atoms with Crippen molar-refractivity contribution in [3.8, 4) is 0 Å². The number of nitrogens with zero attached hydrogens (tertiary/aromatic N) is 1. The molecule has 0 radical (unpaired) electrons. The van der Waals surface area contributed by atoms with E-state index in [0.29, 0.717) is 5.03 Å². The van der Waals surface area contributed by atoms with Gasteiger partial charge in [-0.1, -0.05) is 11.6 Å². The van der Waals surface area contributed by atoms with Gasteiger partial charge in [-0.05, 0) is 13.0 Å². The highest BCUT2D eigenvalue weighted by molar-refractivity contribution is 6.33. The summed E-state index contributed by atoms with van der Waals surface area (Å²) in [7, 11) is 0. The number of carboxylic acid groups (broad SMARTS) is 1. The van der Waals surface area contributed by atoms with Gasteiger partial charge in [0.25, 0.3) is 0 Å². The average Bonchev–Trinajstić information content (AvgIpc) is 1.85. The summed E-state index contributed by atoms with van der Waals surface area (Å²) in [6.07, 6.45) is 1.59. The van der Waals surface area contributed by atoms with Crippen LogP contribution in [-0.4, -0.2) is 23.3 Å². The standard InChI is InChI=1S/C7H8ClNO2/c1-4-2-6(8)5(3-9-4)7(10)11/h2,5H,3H2,1H3,(H,10,11). The predicted molar refractivity (Wildman–Crippen MR) is 43.0 cm³/mol. The molecule has 1 rings (SSSR count). The van der Waals surface area contributed by atoms with Gasteiger partial charge in [0.1, 0.15) is 5.92 Å². The molecule has 4 heteroatoms. The molecule has 1 atom stereocenters. The maximum atomic E-state index is 10.5. The number of allylic oxidation sites excluding steroid dienone is 1. The van der Waals surface area contributed by atoms with Crippen LogP contribution in [0.15, 0.2) is 16.1 Å². The SMILES string of the molecule is CC1=NCC(C(=O)O)C(Cl)=C1. The molecule has 60 valence electrons. The zero-order chi connectivity index (χ0) is 8.43. The zero-order valence-electron chi connectivity index (χ0n) is 6.04. The molecular formula is C7H8ClNO2. The fraction of sp³-hybridized carbons (Fsp3) is 0.429. The highest BCUT2D eigenvalue weighted by atomic mass is 35.5. The summed E-state index contributed by atoms with van der Waals surface area (Å²) in [6.45, 7) is 2.05. The third kappa shape index (κ3) is 1.80. The number of dihydropyridines is 1. The normalized spacial score (nSPS) is 24.0. The maximum absolute atomic E-state index is 10.5. The Morgan fingerprint density at radius 2 is 2.55 bits per heavy atom. The second-order valence-electron chi connectivity index (χ2n) is 2.40. The van der Waals surface area contributed by atoms with Crippen molar-refractivity contribution in [3.05, 3.63) is 11.1 Å². The van der Waals surface area contributed by atoms with Crippen LogP contribution in [0.2, 0.25) is 0 Å². The molecule has 0 spiro atoms. The van der Waals surface area contributed by atoms with Crippen molar-refractivity contribution in [1.82, 2.24) is 0 Å². The van der Waals surface area contributed by atoms with Crippen molar-refractivity contribution in [2.75, 3.05) is 6.54 Å². The molecule has 0 aliphatic carbocycles. The van der Waals surface area contributed by atoms with Gasteiger partial charge in [0.2, 0.25) is 0 Å². The van der Waals surface area contributed by atoms with Crippen LogP contribution >= 0.6 is 11.6 Å². The summed E-state index contributed by atoms with van der Waals surface area (Å²) in [5, 5.41) is 8.97. The van der Waals surface area contributed by atoms with Gasteiger partial charge in [-0.25, -0.2) is 0 Å². The highest BCUT2D eigenvalue weighted by Gasteiger charge is 2.22. The van der Waals surface area contributed by atoms with Gasteiger partial charge in [-0.2, -0.15) is 0 Å². The van der Waals surface area contributed by atoms with Gasteiger partial charge in [-0.15, -0.1) is 0 Å². The summed E-state index contributed by atoms with van der Waals surface area (Å²) in [6, 6.07) is 0. The van der Waals surface area contributed by atoms with Gasteiger partial charge in [-0.3, -0.25) is 9.79 Å². The molecule has 0 aromatic heterocycles. The van der Waals surface area contributed by atoms with E-state index < -0.39 is 11.9 Å². The number of carbonyl (C=O) groups is 1. The van der Waals surface area contributed by atoms with Crippen LogP contribution in [0.3, 0.4) is 0 Å². The molecule has 1 aliphatic heterocycles. The first-order valence-electron chi connectivity index (χ1n) is 3.22. The minimum atomic E-state index is -0.914. The molecule has 0 saturated carbocycles. The average molecular weight is 174 g/mol. The second-order valence-corrected chi connectivity index (χ2v) is 2.84. The van der Waals surface area contributed by atoms with E-state index >= 15 is 0 Å². The lowest BCUT2D eigenvalue weighted by Gasteiger charge is -2.12. The van der Waals surface area contributed by atoms with Crippen molar-refractivity contribution >= 4 is 23.3 Å². The first kappa shape index (κ1) is 8.27. The smallest absolute Gasteiger partial charge is 0.313 e. The van der Waals surface area contributed by atoms with Crippen molar-refractivity contribution in [2.24, 2.45) is 10.9 Å². The van der Waals surface area contributed by atoms with Crippen LogP contribution in [0.4, 0.5) is 0 Å².